The summed E-state index contributed by atoms with van der Waals surface area (Å²) in [6, 6.07) is 18.1. The molecule has 2 fully saturated rings. The molecule has 3 aromatic rings. The van der Waals surface area contributed by atoms with Crippen LogP contribution in [-0.2, 0) is 6.54 Å². The van der Waals surface area contributed by atoms with Gasteiger partial charge in [-0.25, -0.2) is 9.67 Å². The number of benzene rings is 2. The van der Waals surface area contributed by atoms with Gasteiger partial charge >= 0.3 is 0 Å². The third-order valence-corrected chi connectivity index (χ3v) is 6.39. The summed E-state index contributed by atoms with van der Waals surface area (Å²) >= 11 is 6.41. The molecule has 1 aromatic heterocycles. The molecule has 7 heteroatoms. The topological polar surface area (TPSA) is 54.3 Å². The maximum Gasteiger partial charge on any atom is 0.293 e. The third-order valence-electron chi connectivity index (χ3n) is 6.07. The van der Waals surface area contributed by atoms with Crippen LogP contribution in [0.15, 0.2) is 54.6 Å². The normalized spacial score (nSPS) is 19.5. The minimum Gasteiger partial charge on any atom is -0.331 e. The molecule has 1 aliphatic carbocycles. The molecule has 1 atom stereocenters. The summed E-state index contributed by atoms with van der Waals surface area (Å²) in [6.07, 6.45) is 2.15. The van der Waals surface area contributed by atoms with Gasteiger partial charge in [0, 0.05) is 38.1 Å². The van der Waals surface area contributed by atoms with E-state index in [0.29, 0.717) is 17.5 Å². The van der Waals surface area contributed by atoms with Gasteiger partial charge in [0.2, 0.25) is 5.82 Å². The van der Waals surface area contributed by atoms with E-state index in [-0.39, 0.29) is 17.8 Å². The summed E-state index contributed by atoms with van der Waals surface area (Å²) in [6.45, 7) is 5.35. The second kappa shape index (κ2) is 8.44. The van der Waals surface area contributed by atoms with Crippen LogP contribution in [0.25, 0.3) is 5.69 Å². The maximum atomic E-state index is 13.3. The summed E-state index contributed by atoms with van der Waals surface area (Å²) < 4.78 is 1.77. The van der Waals surface area contributed by atoms with Crippen molar-refractivity contribution in [1.82, 2.24) is 24.6 Å². The summed E-state index contributed by atoms with van der Waals surface area (Å²) in [5.41, 5.74) is 2.07. The second-order valence-corrected chi connectivity index (χ2v) is 8.91. The first kappa shape index (κ1) is 20.2. The van der Waals surface area contributed by atoms with Gasteiger partial charge in [0.1, 0.15) is 5.82 Å². The monoisotopic (exact) mass is 435 g/mol. The number of rotatable bonds is 5. The Hall–Kier alpha value is -2.70. The standard InChI is InChI=1S/C24H26ClN5O/c1-17-15-28(16-18-7-3-2-4-8-18)13-14-29(17)24(31)22-26-23(19-11-12-19)30(27-22)21-10-6-5-9-20(21)25/h2-10,17,19H,11-16H2,1H3. The van der Waals surface area contributed by atoms with Crippen molar-refractivity contribution in [3.8, 4) is 5.69 Å². The zero-order chi connectivity index (χ0) is 21.4. The number of carbonyl (C=O) groups excluding carboxylic acids is 1. The van der Waals surface area contributed by atoms with Gasteiger partial charge in [-0.05, 0) is 37.5 Å². The molecular weight excluding hydrogens is 410 g/mol. The molecule has 2 aromatic carbocycles. The Morgan fingerprint density at radius 3 is 2.52 bits per heavy atom. The second-order valence-electron chi connectivity index (χ2n) is 8.50. The number of hydrogen-bond acceptors (Lipinski definition) is 4. The molecule has 1 saturated carbocycles. The molecule has 31 heavy (non-hydrogen) atoms. The predicted octanol–water partition coefficient (Wildman–Crippen LogP) is 4.14. The maximum absolute atomic E-state index is 13.3. The van der Waals surface area contributed by atoms with Gasteiger partial charge < -0.3 is 4.90 Å². The van der Waals surface area contributed by atoms with Crippen LogP contribution in [0.5, 0.6) is 0 Å². The average molecular weight is 436 g/mol. The molecule has 0 radical (unpaired) electrons. The summed E-state index contributed by atoms with van der Waals surface area (Å²) in [5.74, 6) is 1.36. The lowest BCUT2D eigenvalue weighted by Crippen LogP contribution is -2.53. The smallest absolute Gasteiger partial charge is 0.293 e. The lowest BCUT2D eigenvalue weighted by molar-refractivity contribution is 0.0464. The van der Waals surface area contributed by atoms with Crippen LogP contribution in [0.3, 0.4) is 0 Å². The van der Waals surface area contributed by atoms with Gasteiger partial charge in [0.05, 0.1) is 10.7 Å². The number of aromatic nitrogens is 3. The van der Waals surface area contributed by atoms with E-state index in [9.17, 15) is 4.79 Å². The fourth-order valence-electron chi connectivity index (χ4n) is 4.27. The number of nitrogens with zero attached hydrogens (tertiary/aromatic N) is 5. The van der Waals surface area contributed by atoms with Crippen molar-refractivity contribution in [2.24, 2.45) is 0 Å². The number of halogens is 1. The van der Waals surface area contributed by atoms with Crippen molar-refractivity contribution < 1.29 is 4.79 Å². The van der Waals surface area contributed by atoms with E-state index in [1.54, 1.807) is 4.68 Å². The van der Waals surface area contributed by atoms with Crippen LogP contribution in [0, 0.1) is 0 Å². The SMILES string of the molecule is CC1CN(Cc2ccccc2)CCN1C(=O)c1nc(C2CC2)n(-c2ccccc2Cl)n1. The van der Waals surface area contributed by atoms with Gasteiger partial charge in [-0.15, -0.1) is 5.10 Å². The molecule has 2 heterocycles. The van der Waals surface area contributed by atoms with E-state index < -0.39 is 0 Å². The molecule has 1 saturated heterocycles. The molecule has 1 amide bonds. The highest BCUT2D eigenvalue weighted by Crippen LogP contribution is 2.40. The molecular formula is C24H26ClN5O. The highest BCUT2D eigenvalue weighted by molar-refractivity contribution is 6.32. The fourth-order valence-corrected chi connectivity index (χ4v) is 4.49. The quantitative estimate of drug-likeness (QED) is 0.604. The van der Waals surface area contributed by atoms with Crippen molar-refractivity contribution in [2.75, 3.05) is 19.6 Å². The van der Waals surface area contributed by atoms with E-state index in [2.05, 4.69) is 46.2 Å². The molecule has 1 aliphatic heterocycles. The third kappa shape index (κ3) is 4.23. The van der Waals surface area contributed by atoms with Crippen LogP contribution in [0.2, 0.25) is 5.02 Å². The van der Waals surface area contributed by atoms with Crippen LogP contribution < -0.4 is 0 Å². The van der Waals surface area contributed by atoms with Crippen LogP contribution in [0.4, 0.5) is 0 Å². The zero-order valence-electron chi connectivity index (χ0n) is 17.6. The number of hydrogen-bond donors (Lipinski definition) is 0. The lowest BCUT2D eigenvalue weighted by Gasteiger charge is -2.39. The van der Waals surface area contributed by atoms with Gasteiger partial charge in [0.25, 0.3) is 5.91 Å². The first-order chi connectivity index (χ1) is 15.1. The van der Waals surface area contributed by atoms with Crippen molar-refractivity contribution in [3.05, 3.63) is 76.8 Å². The van der Waals surface area contributed by atoms with Gasteiger partial charge in [-0.2, -0.15) is 0 Å². The van der Waals surface area contributed by atoms with E-state index in [4.69, 9.17) is 11.6 Å². The van der Waals surface area contributed by atoms with Gasteiger partial charge in [-0.3, -0.25) is 9.69 Å². The number of piperazine rings is 1. The molecule has 0 spiro atoms. The van der Waals surface area contributed by atoms with Gasteiger partial charge in [-0.1, -0.05) is 54.1 Å². The predicted molar refractivity (Wildman–Crippen MR) is 121 cm³/mol. The summed E-state index contributed by atoms with van der Waals surface area (Å²) in [4.78, 5) is 22.3. The molecule has 0 N–H and O–H groups in total. The Balaban J connectivity index is 1.34. The Kier molecular flexibility index (Phi) is 5.50. The van der Waals surface area contributed by atoms with E-state index in [0.717, 1.165) is 44.0 Å². The molecule has 1 unspecified atom stereocenters. The number of amides is 1. The first-order valence-electron chi connectivity index (χ1n) is 10.9. The number of para-hydroxylation sites is 1. The van der Waals surface area contributed by atoms with Crippen LogP contribution >= 0.6 is 11.6 Å². The summed E-state index contributed by atoms with van der Waals surface area (Å²) in [7, 11) is 0. The molecule has 2 aliphatic rings. The van der Waals surface area contributed by atoms with E-state index >= 15 is 0 Å². The van der Waals surface area contributed by atoms with Crippen molar-refractivity contribution in [2.45, 2.75) is 38.3 Å². The zero-order valence-corrected chi connectivity index (χ0v) is 18.4. The Morgan fingerprint density at radius 1 is 1.06 bits per heavy atom. The van der Waals surface area contributed by atoms with Crippen molar-refractivity contribution in [3.63, 3.8) is 0 Å². The Bertz CT molecular complexity index is 1080. The molecule has 5 rings (SSSR count). The highest BCUT2D eigenvalue weighted by atomic mass is 35.5. The molecule has 160 valence electrons. The highest BCUT2D eigenvalue weighted by Gasteiger charge is 2.35. The van der Waals surface area contributed by atoms with Crippen LogP contribution in [-0.4, -0.2) is 56.1 Å². The van der Waals surface area contributed by atoms with Crippen molar-refractivity contribution in [1.29, 1.82) is 0 Å². The van der Waals surface area contributed by atoms with Crippen LogP contribution in [0.1, 0.15) is 47.7 Å². The first-order valence-corrected chi connectivity index (χ1v) is 11.3. The average Bonchev–Trinajstić information content (AvgIpc) is 3.53. The Morgan fingerprint density at radius 2 is 1.81 bits per heavy atom. The van der Waals surface area contributed by atoms with E-state index in [1.165, 1.54) is 5.56 Å². The largest absolute Gasteiger partial charge is 0.331 e. The van der Waals surface area contributed by atoms with Gasteiger partial charge in [0.15, 0.2) is 0 Å². The Labute approximate surface area is 187 Å². The van der Waals surface area contributed by atoms with E-state index in [1.807, 2.05) is 35.2 Å². The van der Waals surface area contributed by atoms with Crippen molar-refractivity contribution >= 4 is 17.5 Å². The fraction of sp³-hybridized carbons (Fsp3) is 0.375. The molecule has 6 nitrogen and oxygen atoms in total. The minimum absolute atomic E-state index is 0.0976. The number of carbonyl (C=O) groups is 1. The lowest BCUT2D eigenvalue weighted by atomic mass is 10.1. The molecule has 0 bridgehead atoms. The summed E-state index contributed by atoms with van der Waals surface area (Å²) in [5, 5.41) is 5.22. The minimum atomic E-state index is -0.0976.